The van der Waals surface area contributed by atoms with Gasteiger partial charge in [0.1, 0.15) is 19.3 Å². The lowest BCUT2D eigenvalue weighted by Gasteiger charge is -2.24. The molecule has 9 heteroatoms. The van der Waals surface area contributed by atoms with E-state index in [1.165, 1.54) is 109 Å². The zero-order valence-electron chi connectivity index (χ0n) is 41.5. The third kappa shape index (κ3) is 50.8. The first-order valence-corrected chi connectivity index (χ1v) is 27.2. The van der Waals surface area contributed by atoms with Crippen LogP contribution < -0.4 is 0 Å². The van der Waals surface area contributed by atoms with Gasteiger partial charge in [0.15, 0.2) is 0 Å². The number of nitrogens with zero attached hydrogens (tertiary/aromatic N) is 1. The van der Waals surface area contributed by atoms with Crippen molar-refractivity contribution in [3.8, 4) is 0 Å². The molecule has 0 saturated carbocycles. The number of phosphoric acid groups is 1. The van der Waals surface area contributed by atoms with Crippen molar-refractivity contribution in [2.24, 2.45) is 0 Å². The molecule has 0 aliphatic rings. The van der Waals surface area contributed by atoms with Crippen molar-refractivity contribution in [1.82, 2.24) is 0 Å². The largest absolute Gasteiger partial charge is 0.472 e. The molecule has 0 aromatic heterocycles. The summed E-state index contributed by atoms with van der Waals surface area (Å²) >= 11 is 0. The predicted molar refractivity (Wildman–Crippen MR) is 270 cm³/mol. The number of rotatable bonds is 47. The molecule has 8 nitrogen and oxygen atoms in total. The van der Waals surface area contributed by atoms with Gasteiger partial charge in [-0.1, -0.05) is 189 Å². The van der Waals surface area contributed by atoms with Crippen LogP contribution >= 0.6 is 7.82 Å². The van der Waals surface area contributed by atoms with E-state index < -0.39 is 13.9 Å². The highest BCUT2D eigenvalue weighted by Gasteiger charge is 2.26. The maximum atomic E-state index is 12.8. The van der Waals surface area contributed by atoms with Crippen LogP contribution in [0.5, 0.6) is 0 Å². The maximum absolute atomic E-state index is 12.8. The van der Waals surface area contributed by atoms with Crippen molar-refractivity contribution in [3.63, 3.8) is 0 Å². The van der Waals surface area contributed by atoms with Gasteiger partial charge in [0, 0.05) is 13.0 Å². The van der Waals surface area contributed by atoms with Gasteiger partial charge < -0.3 is 18.9 Å². The highest BCUT2D eigenvalue weighted by Crippen LogP contribution is 2.43. The fraction of sp³-hybridized carbons (Fsp3) is 0.759. The number of quaternary nitrogens is 1. The molecule has 0 radical (unpaired) electrons. The first-order chi connectivity index (χ1) is 30.6. The third-order valence-electron chi connectivity index (χ3n) is 10.8. The van der Waals surface area contributed by atoms with Crippen LogP contribution in [-0.4, -0.2) is 75.6 Å². The number of ether oxygens (including phenoxy) is 2. The molecule has 0 aliphatic carbocycles. The molecule has 0 aromatic rings. The highest BCUT2D eigenvalue weighted by atomic mass is 31.2. The first-order valence-electron chi connectivity index (χ1n) is 25.7. The van der Waals surface area contributed by atoms with E-state index in [4.69, 9.17) is 18.5 Å². The number of hydrogen-bond acceptors (Lipinski definition) is 6. The van der Waals surface area contributed by atoms with Crippen LogP contribution in [0.4, 0.5) is 0 Å². The van der Waals surface area contributed by atoms with Gasteiger partial charge in [0.2, 0.25) is 0 Å². The lowest BCUT2D eigenvalue weighted by atomic mass is 10.1. The minimum Gasteiger partial charge on any atom is -0.457 e. The van der Waals surface area contributed by atoms with Crippen molar-refractivity contribution in [2.45, 2.75) is 213 Å². The van der Waals surface area contributed by atoms with Gasteiger partial charge in [-0.3, -0.25) is 13.8 Å². The van der Waals surface area contributed by atoms with Crippen LogP contribution in [0.1, 0.15) is 206 Å². The van der Waals surface area contributed by atoms with E-state index >= 15 is 0 Å². The van der Waals surface area contributed by atoms with E-state index in [2.05, 4.69) is 86.8 Å². The summed E-state index contributed by atoms with van der Waals surface area (Å²) in [6.07, 6.45) is 60.9. The average Bonchev–Trinajstić information content (AvgIpc) is 3.24. The van der Waals surface area contributed by atoms with Crippen LogP contribution in [0, 0.1) is 0 Å². The van der Waals surface area contributed by atoms with Crippen LogP contribution in [0.2, 0.25) is 0 Å². The first kappa shape index (κ1) is 60.9. The van der Waals surface area contributed by atoms with Crippen molar-refractivity contribution in [3.05, 3.63) is 72.9 Å². The molecule has 0 aliphatic heterocycles. The molecule has 0 amide bonds. The zero-order chi connectivity index (χ0) is 46.2. The fourth-order valence-electron chi connectivity index (χ4n) is 6.81. The summed E-state index contributed by atoms with van der Waals surface area (Å²) in [5.74, 6) is -0.325. The Morgan fingerprint density at radius 3 is 1.38 bits per heavy atom. The molecular formula is C54H99NO7P+. The van der Waals surface area contributed by atoms with E-state index in [0.29, 0.717) is 24.1 Å². The monoisotopic (exact) mass is 905 g/mol. The Bertz CT molecular complexity index is 1230. The molecule has 0 bridgehead atoms. The van der Waals surface area contributed by atoms with Crippen LogP contribution in [0.3, 0.4) is 0 Å². The Morgan fingerprint density at radius 2 is 0.921 bits per heavy atom. The highest BCUT2D eigenvalue weighted by molar-refractivity contribution is 7.47. The van der Waals surface area contributed by atoms with E-state index in [1.807, 2.05) is 21.1 Å². The second-order valence-corrected chi connectivity index (χ2v) is 19.6. The Hall–Kier alpha value is -2.06. The van der Waals surface area contributed by atoms with Gasteiger partial charge in [-0.15, -0.1) is 0 Å². The van der Waals surface area contributed by atoms with Crippen LogP contribution in [-0.2, 0) is 27.9 Å². The van der Waals surface area contributed by atoms with E-state index in [9.17, 15) is 14.3 Å². The smallest absolute Gasteiger partial charge is 0.457 e. The summed E-state index contributed by atoms with van der Waals surface area (Å²) in [7, 11) is 1.65. The number of likely N-dealkylation sites (N-methyl/N-ethyl adjacent to an activating group) is 1. The minimum absolute atomic E-state index is 0.0821. The molecule has 2 unspecified atom stereocenters. The minimum atomic E-state index is -4.29. The molecule has 63 heavy (non-hydrogen) atoms. The lowest BCUT2D eigenvalue weighted by Crippen LogP contribution is -2.37. The number of carbonyl (C=O) groups excluding carboxylic acids is 1. The van der Waals surface area contributed by atoms with Crippen molar-refractivity contribution in [2.75, 3.05) is 54.1 Å². The number of phosphoric ester groups is 1. The number of esters is 1. The molecule has 0 fully saturated rings. The Balaban J connectivity index is 4.18. The summed E-state index contributed by atoms with van der Waals surface area (Å²) in [6.45, 7) is 5.48. The summed E-state index contributed by atoms with van der Waals surface area (Å²) in [6, 6.07) is 0. The van der Waals surface area contributed by atoms with Crippen LogP contribution in [0.25, 0.3) is 0 Å². The molecule has 1 N–H and O–H groups in total. The SMILES string of the molecule is CC/C=C\C/C=C\C/C=C\CCCCCCCCCCOCC(COP(=O)(O)OCC[N+](C)(C)C)OC(=O)CCCCCCCCCC/C=C\C/C=C\C/C=C\CCCCCCC. The number of hydrogen-bond donors (Lipinski definition) is 1. The summed E-state index contributed by atoms with van der Waals surface area (Å²) in [4.78, 5) is 23.0. The van der Waals surface area contributed by atoms with Gasteiger partial charge in [-0.2, -0.15) is 0 Å². The maximum Gasteiger partial charge on any atom is 0.472 e. The van der Waals surface area contributed by atoms with Crippen molar-refractivity contribution < 1.29 is 37.3 Å². The summed E-state index contributed by atoms with van der Waals surface area (Å²) in [5, 5.41) is 0. The van der Waals surface area contributed by atoms with Gasteiger partial charge in [0.05, 0.1) is 34.4 Å². The van der Waals surface area contributed by atoms with E-state index in [0.717, 1.165) is 77.0 Å². The summed E-state index contributed by atoms with van der Waals surface area (Å²) < 4.78 is 35.1. The van der Waals surface area contributed by atoms with Gasteiger partial charge in [0.25, 0.3) is 0 Å². The zero-order valence-corrected chi connectivity index (χ0v) is 42.4. The molecule has 0 saturated heterocycles. The molecule has 0 spiro atoms. The predicted octanol–water partition coefficient (Wildman–Crippen LogP) is 15.8. The lowest BCUT2D eigenvalue weighted by molar-refractivity contribution is -0.870. The number of carbonyl (C=O) groups is 1. The van der Waals surface area contributed by atoms with Gasteiger partial charge in [-0.25, -0.2) is 4.57 Å². The molecule has 0 aromatic carbocycles. The van der Waals surface area contributed by atoms with Crippen LogP contribution in [0.15, 0.2) is 72.9 Å². The molecule has 0 rings (SSSR count). The molecule has 0 heterocycles. The number of unbranched alkanes of at least 4 members (excludes halogenated alkanes) is 21. The topological polar surface area (TPSA) is 91.3 Å². The Kier molecular flexibility index (Phi) is 44.9. The van der Waals surface area contributed by atoms with Gasteiger partial charge in [-0.05, 0) is 83.5 Å². The second kappa shape index (κ2) is 46.5. The average molecular weight is 905 g/mol. The number of allylic oxidation sites excluding steroid dienone is 12. The normalized spacial score (nSPS) is 14.2. The quantitative estimate of drug-likeness (QED) is 0.0214. The van der Waals surface area contributed by atoms with E-state index in [1.54, 1.807) is 0 Å². The summed E-state index contributed by atoms with van der Waals surface area (Å²) in [5.41, 5.74) is 0. The van der Waals surface area contributed by atoms with Gasteiger partial charge >= 0.3 is 13.8 Å². The second-order valence-electron chi connectivity index (χ2n) is 18.2. The molecular weight excluding hydrogens is 806 g/mol. The Morgan fingerprint density at radius 1 is 0.508 bits per heavy atom. The molecule has 2 atom stereocenters. The third-order valence-corrected chi connectivity index (χ3v) is 11.7. The Labute approximate surface area is 389 Å². The van der Waals surface area contributed by atoms with Crippen molar-refractivity contribution >= 4 is 13.8 Å². The molecule has 366 valence electrons. The standard InChI is InChI=1S/C54H98NO7P/c1-6-8-10-12-14-16-18-20-22-24-26-27-28-29-30-31-33-35-37-39-41-43-45-47-54(56)62-53(52-61-63(57,58)60-50-48-55(3,4)5)51-59-49-46-44-42-40-38-36-34-32-25-23-21-19-17-15-13-11-9-7-2/h9,11,15,17-18,20-21,23-24,26,28-29,53H,6-8,10,12-14,16,19,22,25,27,30-52H2,1-5H3/p+1/b11-9-,17-15-,20-18-,23-21-,26-24-,29-28-. The van der Waals surface area contributed by atoms with E-state index in [-0.39, 0.29) is 25.8 Å². The fourth-order valence-corrected chi connectivity index (χ4v) is 7.55. The van der Waals surface area contributed by atoms with Crippen molar-refractivity contribution in [1.29, 1.82) is 0 Å².